The molecule has 0 spiro atoms. The van der Waals surface area contributed by atoms with Crippen molar-refractivity contribution in [3.63, 3.8) is 0 Å². The number of aliphatic hydroxyl groups excluding tert-OH is 7. The van der Waals surface area contributed by atoms with Crippen LogP contribution in [-0.4, -0.2) is 128 Å². The molecule has 0 aromatic rings. The topological polar surface area (TPSA) is 216 Å². The molecule has 4 saturated carbocycles. The molecular weight excluding hydrogens is 700 g/mol. The maximum absolute atomic E-state index is 13.0. The second-order valence-electron chi connectivity index (χ2n) is 20.1. The standard InChI is InChI=1S/C41H66O13/c1-36(2)13-15-41(35(49)50)16-14-39(5)21(22(41)17-36)7-8-26-37(3)11-10-27(38(4,20-43)25(37)9-12-40(26,39)6)54-33-31(47)29(45)24(19-51-33)53-34-32(48)30(46)28(44)23(18-42)52-34/h7,22-34,42-48H,8-20H2,1-6H3,(H,49,50)/t22-,23+,24-,25+,26+,27-,28+,29-,30-,31+,32+,33-,34-,37-,38-,39+,40+,41-/m1/s1. The first-order valence-electron chi connectivity index (χ1n) is 20.4. The largest absolute Gasteiger partial charge is 0.481 e. The van der Waals surface area contributed by atoms with Gasteiger partial charge >= 0.3 is 5.97 Å². The fourth-order valence-corrected chi connectivity index (χ4v) is 13.4. The molecule has 7 aliphatic rings. The van der Waals surface area contributed by atoms with E-state index in [0.29, 0.717) is 18.8 Å². The lowest BCUT2D eigenvalue weighted by molar-refractivity contribution is -0.352. The molecule has 2 heterocycles. The van der Waals surface area contributed by atoms with Gasteiger partial charge in [0.2, 0.25) is 0 Å². The first-order chi connectivity index (χ1) is 25.2. The molecular formula is C41H66O13. The van der Waals surface area contributed by atoms with E-state index in [9.17, 15) is 45.6 Å². The number of aliphatic carboxylic acids is 1. The Morgan fingerprint density at radius 3 is 2.15 bits per heavy atom. The molecule has 8 N–H and O–H groups in total. The van der Waals surface area contributed by atoms with Gasteiger partial charge in [-0.1, -0.05) is 53.2 Å². The van der Waals surface area contributed by atoms with E-state index in [4.69, 9.17) is 18.9 Å². The smallest absolute Gasteiger partial charge is 0.310 e. The first kappa shape index (κ1) is 40.9. The van der Waals surface area contributed by atoms with Crippen molar-refractivity contribution < 1.29 is 64.6 Å². The highest BCUT2D eigenvalue weighted by Gasteiger charge is 2.70. The lowest BCUT2D eigenvalue weighted by atomic mass is 9.33. The molecule has 6 fully saturated rings. The molecule has 0 aromatic carbocycles. The van der Waals surface area contributed by atoms with E-state index in [1.165, 1.54) is 5.57 Å². The Labute approximate surface area is 319 Å². The molecule has 0 bridgehead atoms. The number of rotatable bonds is 7. The van der Waals surface area contributed by atoms with E-state index in [0.717, 1.165) is 51.4 Å². The van der Waals surface area contributed by atoms with E-state index >= 15 is 0 Å². The van der Waals surface area contributed by atoms with Crippen molar-refractivity contribution in [2.24, 2.45) is 50.2 Å². The van der Waals surface area contributed by atoms with Crippen molar-refractivity contribution in [2.45, 2.75) is 167 Å². The SMILES string of the molecule is CC1(C)CC[C@@]2(C(=O)O)CC[C@@]3(C)C(=CC[C@H]4[C@]5(C)CC[C@@H](O[C@H]6OC[C@@H](O[C@H]7O[C@@H](CO)[C@H](O)[C@@H](O)[C@@H]7O)[C@@H](O)[C@@H]6O)[C@](C)(CO)[C@H]5CC[C@@]43C)[C@H]2C1. The van der Waals surface area contributed by atoms with Crippen LogP contribution in [0.5, 0.6) is 0 Å². The molecule has 0 radical (unpaired) electrons. The lowest BCUT2D eigenvalue weighted by Crippen LogP contribution is -2.67. The van der Waals surface area contributed by atoms with Gasteiger partial charge in [-0.2, -0.15) is 0 Å². The summed E-state index contributed by atoms with van der Waals surface area (Å²) in [5, 5.41) is 84.5. The van der Waals surface area contributed by atoms with Crippen LogP contribution in [0, 0.1) is 50.2 Å². The molecule has 0 amide bonds. The molecule has 13 nitrogen and oxygen atoms in total. The Morgan fingerprint density at radius 1 is 0.796 bits per heavy atom. The highest BCUT2D eigenvalue weighted by atomic mass is 16.7. The summed E-state index contributed by atoms with van der Waals surface area (Å²) in [6.45, 7) is 12.9. The lowest BCUT2D eigenvalue weighted by Gasteiger charge is -2.71. The molecule has 2 aliphatic heterocycles. The maximum Gasteiger partial charge on any atom is 0.310 e. The summed E-state index contributed by atoms with van der Waals surface area (Å²) in [6, 6.07) is 0. The van der Waals surface area contributed by atoms with Crippen LogP contribution in [0.3, 0.4) is 0 Å². The normalized spacial score (nSPS) is 54.3. The van der Waals surface area contributed by atoms with Crippen LogP contribution < -0.4 is 0 Å². The fraction of sp³-hybridized carbons (Fsp3) is 0.927. The minimum atomic E-state index is -1.68. The second-order valence-corrected chi connectivity index (χ2v) is 20.1. The van der Waals surface area contributed by atoms with Crippen LogP contribution in [0.25, 0.3) is 0 Å². The first-order valence-corrected chi connectivity index (χ1v) is 20.4. The van der Waals surface area contributed by atoms with E-state index in [2.05, 4.69) is 47.6 Å². The number of hydrogen-bond acceptors (Lipinski definition) is 12. The number of fused-ring (bicyclic) bond motifs is 7. The van der Waals surface area contributed by atoms with Gasteiger partial charge < -0.3 is 59.8 Å². The van der Waals surface area contributed by atoms with Crippen molar-refractivity contribution in [3.05, 3.63) is 11.6 Å². The molecule has 7 rings (SSSR count). The third-order valence-corrected chi connectivity index (χ3v) is 17.0. The summed E-state index contributed by atoms with van der Waals surface area (Å²) in [7, 11) is 0. The third kappa shape index (κ3) is 5.92. The summed E-state index contributed by atoms with van der Waals surface area (Å²) >= 11 is 0. The second kappa shape index (κ2) is 14.0. The van der Waals surface area contributed by atoms with Gasteiger partial charge in [0.1, 0.15) is 42.7 Å². The monoisotopic (exact) mass is 766 g/mol. The van der Waals surface area contributed by atoms with E-state index in [1.807, 2.05) is 0 Å². The summed E-state index contributed by atoms with van der Waals surface area (Å²) in [6.07, 6.45) is -2.86. The van der Waals surface area contributed by atoms with Crippen molar-refractivity contribution in [2.75, 3.05) is 19.8 Å². The summed E-state index contributed by atoms with van der Waals surface area (Å²) in [5.41, 5.74) is -0.234. The van der Waals surface area contributed by atoms with Crippen molar-refractivity contribution in [3.8, 4) is 0 Å². The Morgan fingerprint density at radius 2 is 1.48 bits per heavy atom. The van der Waals surface area contributed by atoms with Gasteiger partial charge in [0.05, 0.1) is 31.3 Å². The zero-order valence-electron chi connectivity index (χ0n) is 32.9. The summed E-state index contributed by atoms with van der Waals surface area (Å²) in [5.74, 6) is -0.194. The number of ether oxygens (including phenoxy) is 4. The Bertz CT molecular complexity index is 1450. The number of aliphatic hydroxyl groups is 7. The quantitative estimate of drug-likeness (QED) is 0.138. The predicted molar refractivity (Wildman–Crippen MR) is 193 cm³/mol. The molecule has 5 aliphatic carbocycles. The highest BCUT2D eigenvalue weighted by molar-refractivity contribution is 5.76. The minimum Gasteiger partial charge on any atom is -0.481 e. The van der Waals surface area contributed by atoms with Crippen molar-refractivity contribution in [1.29, 1.82) is 0 Å². The number of hydrogen-bond donors (Lipinski definition) is 8. The molecule has 0 aromatic heterocycles. The zero-order chi connectivity index (χ0) is 39.4. The van der Waals surface area contributed by atoms with Gasteiger partial charge in [0.15, 0.2) is 12.6 Å². The number of carbonyl (C=O) groups is 1. The Kier molecular flexibility index (Phi) is 10.6. The van der Waals surface area contributed by atoms with Gasteiger partial charge in [0.25, 0.3) is 0 Å². The van der Waals surface area contributed by atoms with Crippen LogP contribution in [-0.2, 0) is 23.7 Å². The average Bonchev–Trinajstić information content (AvgIpc) is 3.12. The van der Waals surface area contributed by atoms with E-state index in [-0.39, 0.29) is 46.7 Å². The maximum atomic E-state index is 13.0. The summed E-state index contributed by atoms with van der Waals surface area (Å²) in [4.78, 5) is 13.0. The van der Waals surface area contributed by atoms with E-state index in [1.54, 1.807) is 0 Å². The molecule has 0 unspecified atom stereocenters. The van der Waals surface area contributed by atoms with Gasteiger partial charge in [-0.25, -0.2) is 0 Å². The Balaban J connectivity index is 1.08. The predicted octanol–water partition coefficient (Wildman–Crippen LogP) is 2.49. The van der Waals surface area contributed by atoms with Gasteiger partial charge in [-0.15, -0.1) is 0 Å². The molecule has 308 valence electrons. The zero-order valence-corrected chi connectivity index (χ0v) is 32.9. The van der Waals surface area contributed by atoms with Crippen LogP contribution >= 0.6 is 0 Å². The number of carboxylic acids is 1. The highest BCUT2D eigenvalue weighted by Crippen LogP contribution is 2.76. The summed E-state index contributed by atoms with van der Waals surface area (Å²) < 4.78 is 23.6. The van der Waals surface area contributed by atoms with Crippen molar-refractivity contribution in [1.82, 2.24) is 0 Å². The third-order valence-electron chi connectivity index (χ3n) is 17.0. The number of allylic oxidation sites excluding steroid dienone is 2. The molecule has 2 saturated heterocycles. The van der Waals surface area contributed by atoms with Crippen LogP contribution in [0.1, 0.15) is 106 Å². The van der Waals surface area contributed by atoms with Gasteiger partial charge in [-0.05, 0) is 104 Å². The van der Waals surface area contributed by atoms with Gasteiger partial charge in [0, 0.05) is 5.41 Å². The molecule has 13 heteroatoms. The molecule has 54 heavy (non-hydrogen) atoms. The average molecular weight is 767 g/mol. The van der Waals surface area contributed by atoms with Crippen LogP contribution in [0.2, 0.25) is 0 Å². The molecule has 18 atom stereocenters. The number of carboxylic acid groups (broad SMARTS) is 1. The van der Waals surface area contributed by atoms with Crippen LogP contribution in [0.15, 0.2) is 11.6 Å². The fourth-order valence-electron chi connectivity index (χ4n) is 13.4. The Hall–Kier alpha value is -1.23. The van der Waals surface area contributed by atoms with Crippen LogP contribution in [0.4, 0.5) is 0 Å². The van der Waals surface area contributed by atoms with E-state index < -0.39 is 84.8 Å². The minimum absolute atomic E-state index is 0.0344. The van der Waals surface area contributed by atoms with Gasteiger partial charge in [-0.3, -0.25) is 4.79 Å². The van der Waals surface area contributed by atoms with Crippen molar-refractivity contribution >= 4 is 5.97 Å².